The van der Waals surface area contributed by atoms with Gasteiger partial charge in [0.2, 0.25) is 0 Å². The van der Waals surface area contributed by atoms with E-state index in [-0.39, 0.29) is 71.7 Å². The summed E-state index contributed by atoms with van der Waals surface area (Å²) in [4.78, 5) is 0. The average Bonchev–Trinajstić information content (AvgIpc) is 3.30. The maximum atomic E-state index is 12.9. The second-order valence-electron chi connectivity index (χ2n) is 19.6. The van der Waals surface area contributed by atoms with Crippen LogP contribution in [-0.2, 0) is 25.7 Å². The van der Waals surface area contributed by atoms with Crippen molar-refractivity contribution in [2.75, 3.05) is 0 Å². The molecule has 358 valence electrons. The third-order valence-corrected chi connectivity index (χ3v) is 13.7. The quantitative estimate of drug-likeness (QED) is 0.0567. The van der Waals surface area contributed by atoms with Crippen LogP contribution in [0.5, 0.6) is 46.0 Å². The van der Waals surface area contributed by atoms with Gasteiger partial charge in [0.15, 0.2) is 0 Å². The van der Waals surface area contributed by atoms with E-state index in [1.54, 1.807) is 24.3 Å². The van der Waals surface area contributed by atoms with E-state index in [4.69, 9.17) is 0 Å². The van der Waals surface area contributed by atoms with Crippen LogP contribution in [0.25, 0.3) is 0 Å². The van der Waals surface area contributed by atoms with Crippen molar-refractivity contribution in [1.82, 2.24) is 0 Å². The Morgan fingerprint density at radius 1 is 0.271 bits per heavy atom. The zero-order chi connectivity index (χ0) is 50.3. The second kappa shape index (κ2) is 19.6. The standard InChI is InChI=1S/C62H62O8/c1-33-9-13-53(63)41(17-33)27-47-21-37(5)23-51(61(47)69)58(52-24-38(6)22-48(62(52)70)28-42-18-34(2)10-14-54(42)64)57(45-25-39(7)59(67)49(31-45)29-43-19-35(3)11-15-55(43)65)46-26-40(8)60(68)50(32-46)30-44-20-36(4)12-16-56(44)66/h9-26,31-32,57-58,63-70H,27-30H2,1-8H3. The van der Waals surface area contributed by atoms with Crippen LogP contribution in [0.3, 0.4) is 0 Å². The molecule has 8 rings (SSSR count). The first kappa shape index (κ1) is 48.6. The summed E-state index contributed by atoms with van der Waals surface area (Å²) < 4.78 is 0. The lowest BCUT2D eigenvalue weighted by molar-refractivity contribution is 0.440. The van der Waals surface area contributed by atoms with E-state index in [1.165, 1.54) is 0 Å². The van der Waals surface area contributed by atoms with Crippen LogP contribution in [0.2, 0.25) is 0 Å². The molecule has 0 aliphatic carbocycles. The zero-order valence-electron chi connectivity index (χ0n) is 41.1. The van der Waals surface area contributed by atoms with E-state index in [2.05, 4.69) is 0 Å². The molecule has 0 amide bonds. The Bertz CT molecular complexity index is 3090. The molecule has 8 aromatic rings. The number of hydrogen-bond acceptors (Lipinski definition) is 8. The van der Waals surface area contributed by atoms with E-state index < -0.39 is 11.8 Å². The van der Waals surface area contributed by atoms with Gasteiger partial charge < -0.3 is 40.9 Å². The van der Waals surface area contributed by atoms with Gasteiger partial charge in [0.05, 0.1) is 0 Å². The minimum atomic E-state index is -0.872. The van der Waals surface area contributed by atoms with Crippen LogP contribution in [-0.4, -0.2) is 40.9 Å². The Morgan fingerprint density at radius 2 is 0.543 bits per heavy atom. The minimum absolute atomic E-state index is 0.0268. The van der Waals surface area contributed by atoms with Crippen molar-refractivity contribution in [3.8, 4) is 46.0 Å². The minimum Gasteiger partial charge on any atom is -0.508 e. The Morgan fingerprint density at radius 3 is 0.843 bits per heavy atom. The Kier molecular flexibility index (Phi) is 13.6. The molecule has 0 fully saturated rings. The fraction of sp³-hybridized carbons (Fsp3) is 0.226. The molecule has 70 heavy (non-hydrogen) atoms. The van der Waals surface area contributed by atoms with Gasteiger partial charge in [-0.05, 0) is 146 Å². The highest BCUT2D eigenvalue weighted by Gasteiger charge is 2.36. The number of aromatic hydroxyl groups is 8. The van der Waals surface area contributed by atoms with Crippen molar-refractivity contribution in [2.24, 2.45) is 0 Å². The SMILES string of the molecule is Cc1ccc(O)c(Cc2cc(C(c3cc(C)c(O)c(Cc4cc(C)ccc4O)c3)C(c3cc(C)cc(Cc4cc(C)ccc4O)c3O)c3cc(C)cc(Cc4cc(C)ccc4O)c3O)cc(C)c2O)c1. The first-order chi connectivity index (χ1) is 33.2. The third kappa shape index (κ3) is 10.1. The molecule has 0 bridgehead atoms. The zero-order valence-corrected chi connectivity index (χ0v) is 41.1. The Hall–Kier alpha value is -7.84. The Balaban J connectivity index is 1.46. The first-order valence-electron chi connectivity index (χ1n) is 23.7. The van der Waals surface area contributed by atoms with Gasteiger partial charge in [-0.3, -0.25) is 0 Å². The number of benzene rings is 8. The molecule has 0 aromatic heterocycles. The first-order valence-corrected chi connectivity index (χ1v) is 23.7. The molecule has 0 unspecified atom stereocenters. The smallest absolute Gasteiger partial charge is 0.122 e. The number of hydrogen-bond donors (Lipinski definition) is 8. The highest BCUT2D eigenvalue weighted by atomic mass is 16.3. The van der Waals surface area contributed by atoms with Gasteiger partial charge in [-0.1, -0.05) is 130 Å². The lowest BCUT2D eigenvalue weighted by Crippen LogP contribution is -2.18. The molecule has 0 aliphatic heterocycles. The van der Waals surface area contributed by atoms with Crippen molar-refractivity contribution in [3.63, 3.8) is 0 Å². The van der Waals surface area contributed by atoms with Gasteiger partial charge in [0, 0.05) is 48.6 Å². The molecular formula is C62H62O8. The van der Waals surface area contributed by atoms with Crippen LogP contribution < -0.4 is 0 Å². The van der Waals surface area contributed by atoms with Crippen LogP contribution in [0.1, 0.15) is 123 Å². The Labute approximate surface area is 410 Å². The van der Waals surface area contributed by atoms with E-state index in [9.17, 15) is 40.9 Å². The van der Waals surface area contributed by atoms with Crippen LogP contribution in [0.4, 0.5) is 0 Å². The van der Waals surface area contributed by atoms with Crippen LogP contribution >= 0.6 is 0 Å². The molecule has 0 heterocycles. The van der Waals surface area contributed by atoms with Crippen molar-refractivity contribution in [3.05, 3.63) is 233 Å². The highest BCUT2D eigenvalue weighted by Crippen LogP contribution is 2.52. The monoisotopic (exact) mass is 934 g/mol. The molecule has 0 radical (unpaired) electrons. The molecule has 0 spiro atoms. The molecule has 8 nitrogen and oxygen atoms in total. The van der Waals surface area contributed by atoms with Gasteiger partial charge in [-0.2, -0.15) is 0 Å². The summed E-state index contributed by atoms with van der Waals surface area (Å²) in [6.07, 6.45) is 0.789. The van der Waals surface area contributed by atoms with Gasteiger partial charge in [0.25, 0.3) is 0 Å². The van der Waals surface area contributed by atoms with Crippen LogP contribution in [0.15, 0.2) is 121 Å². The summed E-state index contributed by atoms with van der Waals surface area (Å²) in [6, 6.07) is 36.8. The molecule has 8 N–H and O–H groups in total. The number of phenolic OH excluding ortho intramolecular Hbond substituents is 8. The van der Waals surface area contributed by atoms with Crippen LogP contribution in [0, 0.1) is 55.4 Å². The highest BCUT2D eigenvalue weighted by molar-refractivity contribution is 5.62. The molecule has 0 atom stereocenters. The third-order valence-electron chi connectivity index (χ3n) is 13.7. The lowest BCUT2D eigenvalue weighted by Gasteiger charge is -2.33. The van der Waals surface area contributed by atoms with Gasteiger partial charge in [-0.25, -0.2) is 0 Å². The molecule has 0 saturated heterocycles. The molecular weight excluding hydrogens is 873 g/mol. The molecule has 8 aromatic carbocycles. The molecule has 0 aliphatic rings. The summed E-state index contributed by atoms with van der Waals surface area (Å²) in [7, 11) is 0. The lowest BCUT2D eigenvalue weighted by atomic mass is 9.70. The van der Waals surface area contributed by atoms with E-state index in [1.807, 2.05) is 152 Å². The fourth-order valence-corrected chi connectivity index (χ4v) is 10.3. The number of aryl methyl sites for hydroxylation is 8. The summed E-state index contributed by atoms with van der Waals surface area (Å²) in [6.45, 7) is 15.3. The topological polar surface area (TPSA) is 162 Å². The largest absolute Gasteiger partial charge is 0.508 e. The summed E-state index contributed by atoms with van der Waals surface area (Å²) >= 11 is 0. The maximum Gasteiger partial charge on any atom is 0.122 e. The summed E-state index contributed by atoms with van der Waals surface area (Å²) in [5, 5.41) is 93.8. The van der Waals surface area contributed by atoms with E-state index in [0.29, 0.717) is 66.8 Å². The predicted octanol–water partition coefficient (Wildman–Crippen LogP) is 13.1. The number of phenols is 8. The average molecular weight is 935 g/mol. The van der Waals surface area contributed by atoms with Gasteiger partial charge >= 0.3 is 0 Å². The summed E-state index contributed by atoms with van der Waals surface area (Å²) in [5.41, 5.74) is 13.7. The van der Waals surface area contributed by atoms with E-state index >= 15 is 0 Å². The second-order valence-corrected chi connectivity index (χ2v) is 19.6. The predicted molar refractivity (Wildman–Crippen MR) is 278 cm³/mol. The fourth-order valence-electron chi connectivity index (χ4n) is 10.3. The van der Waals surface area contributed by atoms with Crippen molar-refractivity contribution in [2.45, 2.75) is 92.9 Å². The van der Waals surface area contributed by atoms with Crippen molar-refractivity contribution in [1.29, 1.82) is 0 Å². The van der Waals surface area contributed by atoms with Gasteiger partial charge in [0.1, 0.15) is 46.0 Å². The van der Waals surface area contributed by atoms with Gasteiger partial charge in [-0.15, -0.1) is 0 Å². The normalized spacial score (nSPS) is 11.5. The summed E-state index contributed by atoms with van der Waals surface area (Å²) in [5.74, 6) is -1.17. The molecule has 0 saturated carbocycles. The van der Waals surface area contributed by atoms with Crippen molar-refractivity contribution < 1.29 is 40.9 Å². The molecule has 8 heteroatoms. The van der Waals surface area contributed by atoms with E-state index in [0.717, 1.165) is 44.5 Å². The van der Waals surface area contributed by atoms with Crippen molar-refractivity contribution >= 4 is 0 Å². The maximum absolute atomic E-state index is 12.9. The number of rotatable bonds is 13.